The van der Waals surface area contributed by atoms with Crippen LogP contribution in [-0.2, 0) is 17.6 Å². The first-order valence-electron chi connectivity index (χ1n) is 7.88. The summed E-state index contributed by atoms with van der Waals surface area (Å²) in [5, 5.41) is 1.05. The Hall–Kier alpha value is -2.52. The molecule has 0 aliphatic carbocycles. The van der Waals surface area contributed by atoms with Gasteiger partial charge in [0.15, 0.2) is 5.78 Å². The number of nitrogens with zero attached hydrogens (tertiary/aromatic N) is 1. The van der Waals surface area contributed by atoms with Crippen molar-refractivity contribution in [2.45, 2.75) is 25.3 Å². The highest BCUT2D eigenvalue weighted by Crippen LogP contribution is 2.14. The molecule has 0 aliphatic rings. The van der Waals surface area contributed by atoms with E-state index in [-0.39, 0.29) is 5.78 Å². The predicted octanol–water partition coefficient (Wildman–Crippen LogP) is 3.31. The van der Waals surface area contributed by atoms with Crippen LogP contribution >= 0.6 is 0 Å². The van der Waals surface area contributed by atoms with E-state index in [1.165, 1.54) is 5.56 Å². The first kappa shape index (κ1) is 15.4. The average Bonchev–Trinajstić information content (AvgIpc) is 2.60. The van der Waals surface area contributed by atoms with Crippen LogP contribution in [0.4, 0.5) is 0 Å². The summed E-state index contributed by atoms with van der Waals surface area (Å²) >= 11 is 0. The lowest BCUT2D eigenvalue weighted by Crippen LogP contribution is -2.32. The molecule has 0 bridgehead atoms. The van der Waals surface area contributed by atoms with Gasteiger partial charge in [-0.25, -0.2) is 0 Å². The van der Waals surface area contributed by atoms with Crippen LogP contribution in [0.3, 0.4) is 0 Å². The summed E-state index contributed by atoms with van der Waals surface area (Å²) in [6.07, 6.45) is 3.60. The number of Topliss-reactive ketones (excluding diaryl/α,β-unsaturated/α-hetero) is 1. The molecule has 116 valence electrons. The van der Waals surface area contributed by atoms with Gasteiger partial charge in [0, 0.05) is 18.0 Å². The molecule has 1 aromatic heterocycles. The van der Waals surface area contributed by atoms with Crippen LogP contribution in [0.15, 0.2) is 66.9 Å². The fraction of sp³-hybridized carbons (Fsp3) is 0.200. The van der Waals surface area contributed by atoms with Crippen LogP contribution < -0.4 is 5.73 Å². The second-order valence-corrected chi connectivity index (χ2v) is 5.81. The van der Waals surface area contributed by atoms with E-state index < -0.39 is 6.04 Å². The van der Waals surface area contributed by atoms with Crippen LogP contribution in [0.5, 0.6) is 0 Å². The fourth-order valence-electron chi connectivity index (χ4n) is 2.67. The van der Waals surface area contributed by atoms with E-state index >= 15 is 0 Å². The minimum Gasteiger partial charge on any atom is -0.321 e. The highest BCUT2D eigenvalue weighted by Gasteiger charge is 2.14. The van der Waals surface area contributed by atoms with Crippen LogP contribution in [0.1, 0.15) is 17.5 Å². The predicted molar refractivity (Wildman–Crippen MR) is 93.2 cm³/mol. The first-order valence-corrected chi connectivity index (χ1v) is 7.88. The molecule has 1 atom stereocenters. The Morgan fingerprint density at radius 3 is 2.57 bits per heavy atom. The summed E-state index contributed by atoms with van der Waals surface area (Å²) in [7, 11) is 0. The summed E-state index contributed by atoms with van der Waals surface area (Å²) in [6.45, 7) is 0. The number of para-hydroxylation sites is 1. The molecule has 0 spiro atoms. The number of benzene rings is 2. The van der Waals surface area contributed by atoms with E-state index in [0.29, 0.717) is 12.8 Å². The lowest BCUT2D eigenvalue weighted by Gasteiger charge is -2.11. The van der Waals surface area contributed by atoms with Crippen molar-refractivity contribution in [3.63, 3.8) is 0 Å². The number of fused-ring (bicyclic) bond motifs is 1. The molecule has 0 radical (unpaired) electrons. The van der Waals surface area contributed by atoms with Gasteiger partial charge in [0.2, 0.25) is 0 Å². The van der Waals surface area contributed by atoms with Crippen LogP contribution in [0.25, 0.3) is 10.9 Å². The number of hydrogen-bond donors (Lipinski definition) is 1. The molecule has 0 unspecified atom stereocenters. The van der Waals surface area contributed by atoms with Crippen molar-refractivity contribution >= 4 is 16.7 Å². The third-order valence-corrected chi connectivity index (χ3v) is 4.03. The van der Waals surface area contributed by atoms with E-state index in [2.05, 4.69) is 17.1 Å². The number of aryl methyl sites for hydroxylation is 1. The van der Waals surface area contributed by atoms with Crippen molar-refractivity contribution < 1.29 is 4.79 Å². The monoisotopic (exact) mass is 304 g/mol. The van der Waals surface area contributed by atoms with Crippen LogP contribution in [0.2, 0.25) is 0 Å². The lowest BCUT2D eigenvalue weighted by atomic mass is 9.99. The molecule has 2 aromatic carbocycles. The van der Waals surface area contributed by atoms with E-state index in [1.807, 2.05) is 48.5 Å². The van der Waals surface area contributed by atoms with Gasteiger partial charge in [-0.2, -0.15) is 0 Å². The average molecular weight is 304 g/mol. The molecule has 0 fully saturated rings. The molecule has 3 heteroatoms. The summed E-state index contributed by atoms with van der Waals surface area (Å²) in [5.74, 6) is 0.0676. The molecule has 2 N–H and O–H groups in total. The van der Waals surface area contributed by atoms with E-state index in [1.54, 1.807) is 6.20 Å². The zero-order valence-corrected chi connectivity index (χ0v) is 13.0. The molecular formula is C20H20N2O. The normalized spacial score (nSPS) is 12.2. The van der Waals surface area contributed by atoms with Gasteiger partial charge in [-0.15, -0.1) is 0 Å². The Morgan fingerprint density at radius 2 is 1.74 bits per heavy atom. The lowest BCUT2D eigenvalue weighted by molar-refractivity contribution is -0.119. The zero-order chi connectivity index (χ0) is 16.1. The topological polar surface area (TPSA) is 56.0 Å². The molecule has 0 saturated heterocycles. The number of nitrogens with two attached hydrogens (primary N) is 1. The van der Waals surface area contributed by atoms with Gasteiger partial charge in [0.25, 0.3) is 0 Å². The Morgan fingerprint density at radius 1 is 1.00 bits per heavy atom. The Balaban J connectivity index is 1.60. The number of rotatable bonds is 6. The highest BCUT2D eigenvalue weighted by molar-refractivity contribution is 5.87. The number of ketones is 1. The Bertz CT molecular complexity index is 799. The minimum absolute atomic E-state index is 0.0676. The number of carbonyl (C=O) groups excluding carboxylic acids is 1. The van der Waals surface area contributed by atoms with Crippen LogP contribution in [0, 0.1) is 0 Å². The van der Waals surface area contributed by atoms with Crippen molar-refractivity contribution in [3.8, 4) is 0 Å². The molecular weight excluding hydrogens is 284 g/mol. The third kappa shape index (κ3) is 4.02. The van der Waals surface area contributed by atoms with Crippen molar-refractivity contribution in [2.75, 3.05) is 0 Å². The van der Waals surface area contributed by atoms with Crippen molar-refractivity contribution in [1.82, 2.24) is 4.98 Å². The maximum absolute atomic E-state index is 12.3. The molecule has 3 nitrogen and oxygen atoms in total. The molecule has 23 heavy (non-hydrogen) atoms. The van der Waals surface area contributed by atoms with Gasteiger partial charge in [0.05, 0.1) is 11.6 Å². The molecule has 1 heterocycles. The first-order chi connectivity index (χ1) is 11.2. The van der Waals surface area contributed by atoms with Crippen LogP contribution in [-0.4, -0.2) is 16.8 Å². The number of carbonyl (C=O) groups is 1. The maximum atomic E-state index is 12.3. The van der Waals surface area contributed by atoms with Crippen molar-refractivity contribution in [2.24, 2.45) is 5.73 Å². The van der Waals surface area contributed by atoms with E-state index in [4.69, 9.17) is 5.73 Å². The summed E-state index contributed by atoms with van der Waals surface area (Å²) in [4.78, 5) is 16.7. The van der Waals surface area contributed by atoms with Crippen molar-refractivity contribution in [1.29, 1.82) is 0 Å². The third-order valence-electron chi connectivity index (χ3n) is 4.03. The van der Waals surface area contributed by atoms with Gasteiger partial charge in [0.1, 0.15) is 0 Å². The van der Waals surface area contributed by atoms with Gasteiger partial charge in [-0.3, -0.25) is 9.78 Å². The summed E-state index contributed by atoms with van der Waals surface area (Å²) in [6, 6.07) is 19.6. The second-order valence-electron chi connectivity index (χ2n) is 5.81. The highest BCUT2D eigenvalue weighted by atomic mass is 16.1. The zero-order valence-electron chi connectivity index (χ0n) is 13.0. The smallest absolute Gasteiger partial charge is 0.153 e. The standard InChI is InChI=1S/C20H20N2O/c21-18(11-10-15-6-2-1-3-7-15)20(23)13-16-12-17-8-4-5-9-19(17)22-14-16/h1-9,12,14,18H,10-11,13,21H2/t18-/m0/s1. The quantitative estimate of drug-likeness (QED) is 0.760. The Labute approximate surface area is 136 Å². The SMILES string of the molecule is N[C@@H](CCc1ccccc1)C(=O)Cc1cnc2ccccc2c1. The summed E-state index contributed by atoms with van der Waals surface area (Å²) in [5.41, 5.74) is 9.13. The number of hydrogen-bond acceptors (Lipinski definition) is 3. The minimum atomic E-state index is -0.429. The maximum Gasteiger partial charge on any atom is 0.153 e. The van der Waals surface area contributed by atoms with Gasteiger partial charge < -0.3 is 5.73 Å². The van der Waals surface area contributed by atoms with Gasteiger partial charge >= 0.3 is 0 Å². The van der Waals surface area contributed by atoms with E-state index in [0.717, 1.165) is 22.9 Å². The molecule has 0 amide bonds. The number of pyridine rings is 1. The molecule has 3 rings (SSSR count). The fourth-order valence-corrected chi connectivity index (χ4v) is 2.67. The Kier molecular flexibility index (Phi) is 4.79. The summed E-state index contributed by atoms with van der Waals surface area (Å²) < 4.78 is 0. The molecule has 0 aliphatic heterocycles. The molecule has 0 saturated carbocycles. The van der Waals surface area contributed by atoms with E-state index in [9.17, 15) is 4.79 Å². The van der Waals surface area contributed by atoms with Crippen molar-refractivity contribution in [3.05, 3.63) is 78.0 Å². The molecule has 3 aromatic rings. The van der Waals surface area contributed by atoms with Gasteiger partial charge in [-0.05, 0) is 36.1 Å². The number of aromatic nitrogens is 1. The largest absolute Gasteiger partial charge is 0.321 e. The second kappa shape index (κ2) is 7.16. The van der Waals surface area contributed by atoms with Gasteiger partial charge in [-0.1, -0.05) is 48.5 Å².